The third kappa shape index (κ3) is 3.03. The molecule has 1 saturated carbocycles. The third-order valence-corrected chi connectivity index (χ3v) is 5.01. The van der Waals surface area contributed by atoms with Crippen LogP contribution < -0.4 is 0 Å². The van der Waals surface area contributed by atoms with Gasteiger partial charge in [-0.15, -0.1) is 0 Å². The van der Waals surface area contributed by atoms with Crippen molar-refractivity contribution in [2.24, 2.45) is 11.8 Å². The highest BCUT2D eigenvalue weighted by Crippen LogP contribution is 2.39. The second-order valence-corrected chi connectivity index (χ2v) is 6.05. The van der Waals surface area contributed by atoms with E-state index in [1.807, 2.05) is 7.11 Å². The predicted octanol–water partition coefficient (Wildman–Crippen LogP) is 3.31. The van der Waals surface area contributed by atoms with Gasteiger partial charge in [0.05, 0.1) is 6.10 Å². The van der Waals surface area contributed by atoms with E-state index in [-0.39, 0.29) is 0 Å². The predicted molar refractivity (Wildman–Crippen MR) is 72.2 cm³/mol. The molecule has 0 aromatic carbocycles. The fourth-order valence-corrected chi connectivity index (χ4v) is 3.60. The van der Waals surface area contributed by atoms with Gasteiger partial charge < -0.3 is 9.64 Å². The number of nitrogens with zero attached hydrogens (tertiary/aromatic N) is 1. The highest BCUT2D eigenvalue weighted by molar-refractivity contribution is 4.90. The van der Waals surface area contributed by atoms with E-state index in [1.54, 1.807) is 0 Å². The minimum atomic E-state index is 0.533. The van der Waals surface area contributed by atoms with Crippen molar-refractivity contribution in [1.29, 1.82) is 0 Å². The van der Waals surface area contributed by atoms with E-state index in [0.717, 1.165) is 17.9 Å². The van der Waals surface area contributed by atoms with Gasteiger partial charge in [-0.25, -0.2) is 0 Å². The van der Waals surface area contributed by atoms with Gasteiger partial charge in [-0.3, -0.25) is 0 Å². The number of methoxy groups -OCH3 is 1. The maximum absolute atomic E-state index is 5.72. The largest absolute Gasteiger partial charge is 0.381 e. The minimum Gasteiger partial charge on any atom is -0.381 e. The first kappa shape index (κ1) is 13.4. The molecule has 2 nitrogen and oxygen atoms in total. The first-order valence-corrected chi connectivity index (χ1v) is 7.53. The summed E-state index contributed by atoms with van der Waals surface area (Å²) in [7, 11) is 1.90. The van der Waals surface area contributed by atoms with E-state index in [1.165, 1.54) is 51.6 Å². The van der Waals surface area contributed by atoms with Crippen LogP contribution in [0, 0.1) is 11.8 Å². The summed E-state index contributed by atoms with van der Waals surface area (Å²) in [6, 6.07) is 0.764. The highest BCUT2D eigenvalue weighted by Gasteiger charge is 2.38. The molecule has 0 aromatic rings. The second-order valence-electron chi connectivity index (χ2n) is 6.05. The number of hydrogen-bond donors (Lipinski definition) is 0. The molecule has 2 fully saturated rings. The molecule has 0 spiro atoms. The minimum absolute atomic E-state index is 0.533. The van der Waals surface area contributed by atoms with Crippen LogP contribution in [0.15, 0.2) is 0 Å². The Hall–Kier alpha value is -0.0800. The normalized spacial score (nSPS) is 33.4. The fraction of sp³-hybridized carbons (Fsp3) is 1.00. The van der Waals surface area contributed by atoms with Crippen LogP contribution in [0.5, 0.6) is 0 Å². The van der Waals surface area contributed by atoms with Gasteiger partial charge in [-0.1, -0.05) is 32.6 Å². The maximum atomic E-state index is 5.72. The average molecular weight is 239 g/mol. The number of hydrogen-bond acceptors (Lipinski definition) is 2. The van der Waals surface area contributed by atoms with Crippen molar-refractivity contribution in [3.8, 4) is 0 Å². The van der Waals surface area contributed by atoms with E-state index in [0.29, 0.717) is 6.10 Å². The van der Waals surface area contributed by atoms with E-state index >= 15 is 0 Å². The van der Waals surface area contributed by atoms with Crippen LogP contribution in [0.2, 0.25) is 0 Å². The van der Waals surface area contributed by atoms with E-state index in [2.05, 4.69) is 18.7 Å². The molecule has 0 radical (unpaired) electrons. The van der Waals surface area contributed by atoms with Crippen molar-refractivity contribution in [1.82, 2.24) is 4.90 Å². The van der Waals surface area contributed by atoms with Crippen molar-refractivity contribution in [2.45, 2.75) is 64.5 Å². The monoisotopic (exact) mass is 239 g/mol. The van der Waals surface area contributed by atoms with E-state index in [9.17, 15) is 0 Å². The molecule has 2 rings (SSSR count). The molecular formula is C15H29NO. The lowest BCUT2D eigenvalue weighted by Gasteiger charge is -2.46. The van der Waals surface area contributed by atoms with Gasteiger partial charge in [0.25, 0.3) is 0 Å². The molecule has 0 N–H and O–H groups in total. The number of piperidine rings is 1. The molecule has 0 aromatic heterocycles. The number of rotatable bonds is 5. The zero-order chi connectivity index (χ0) is 12.3. The van der Waals surface area contributed by atoms with Crippen molar-refractivity contribution < 1.29 is 4.74 Å². The molecule has 3 atom stereocenters. The molecule has 1 aliphatic heterocycles. The Morgan fingerprint density at radius 2 is 2.06 bits per heavy atom. The summed E-state index contributed by atoms with van der Waals surface area (Å²) in [6.45, 7) is 7.21. The van der Waals surface area contributed by atoms with Gasteiger partial charge in [0.1, 0.15) is 0 Å². The summed E-state index contributed by atoms with van der Waals surface area (Å²) in [5.74, 6) is 1.76. The summed E-state index contributed by atoms with van der Waals surface area (Å²) < 4.78 is 5.72. The molecule has 1 heterocycles. The first-order chi connectivity index (χ1) is 8.26. The average Bonchev–Trinajstić information content (AvgIpc) is 2.27. The van der Waals surface area contributed by atoms with Crippen molar-refractivity contribution in [3.63, 3.8) is 0 Å². The Kier molecular flexibility index (Phi) is 4.87. The molecule has 2 heteroatoms. The van der Waals surface area contributed by atoms with Crippen LogP contribution >= 0.6 is 0 Å². The lowest BCUT2D eigenvalue weighted by atomic mass is 9.71. The van der Waals surface area contributed by atoms with E-state index < -0.39 is 0 Å². The standard InChI is InChI=1S/C15H29NO/c1-4-6-12(2)16-10-9-15(17-3)14(11-16)13-7-5-8-13/h12-15H,4-11H2,1-3H3. The van der Waals surface area contributed by atoms with Crippen LogP contribution in [0.25, 0.3) is 0 Å². The highest BCUT2D eigenvalue weighted by atomic mass is 16.5. The van der Waals surface area contributed by atoms with Crippen molar-refractivity contribution in [2.75, 3.05) is 20.2 Å². The summed E-state index contributed by atoms with van der Waals surface area (Å²) in [5.41, 5.74) is 0. The van der Waals surface area contributed by atoms with Crippen LogP contribution in [0.3, 0.4) is 0 Å². The first-order valence-electron chi connectivity index (χ1n) is 7.53. The number of ether oxygens (including phenoxy) is 1. The summed E-state index contributed by atoms with van der Waals surface area (Å²) >= 11 is 0. The smallest absolute Gasteiger partial charge is 0.0626 e. The fourth-order valence-electron chi connectivity index (χ4n) is 3.60. The van der Waals surface area contributed by atoms with Gasteiger partial charge in [0.15, 0.2) is 0 Å². The SMILES string of the molecule is CCCC(C)N1CCC(OC)C(C2CCC2)C1. The lowest BCUT2D eigenvalue weighted by Crippen LogP contribution is -2.50. The molecule has 3 unspecified atom stereocenters. The summed E-state index contributed by atoms with van der Waals surface area (Å²) in [6.07, 6.45) is 8.76. The van der Waals surface area contributed by atoms with E-state index in [4.69, 9.17) is 4.74 Å². The van der Waals surface area contributed by atoms with Gasteiger partial charge in [-0.05, 0) is 25.7 Å². The molecule has 0 amide bonds. The summed E-state index contributed by atoms with van der Waals surface area (Å²) in [5, 5.41) is 0. The molecule has 1 saturated heterocycles. The van der Waals surface area contributed by atoms with Crippen LogP contribution in [0.4, 0.5) is 0 Å². The second kappa shape index (κ2) is 6.19. The number of likely N-dealkylation sites (tertiary alicyclic amines) is 1. The molecule has 100 valence electrons. The Bertz CT molecular complexity index is 227. The molecular weight excluding hydrogens is 210 g/mol. The van der Waals surface area contributed by atoms with Gasteiger partial charge in [0.2, 0.25) is 0 Å². The van der Waals surface area contributed by atoms with Gasteiger partial charge >= 0.3 is 0 Å². The van der Waals surface area contributed by atoms with Crippen molar-refractivity contribution >= 4 is 0 Å². The zero-order valence-electron chi connectivity index (χ0n) is 11.8. The molecule has 0 bridgehead atoms. The van der Waals surface area contributed by atoms with Gasteiger partial charge in [-0.2, -0.15) is 0 Å². The molecule has 17 heavy (non-hydrogen) atoms. The third-order valence-electron chi connectivity index (χ3n) is 5.01. The summed E-state index contributed by atoms with van der Waals surface area (Å²) in [4.78, 5) is 2.71. The zero-order valence-corrected chi connectivity index (χ0v) is 11.8. The van der Waals surface area contributed by atoms with Crippen LogP contribution in [-0.2, 0) is 4.74 Å². The van der Waals surface area contributed by atoms with Gasteiger partial charge in [0, 0.05) is 32.2 Å². The maximum Gasteiger partial charge on any atom is 0.0626 e. The Morgan fingerprint density at radius 3 is 2.59 bits per heavy atom. The molecule has 2 aliphatic rings. The molecule has 1 aliphatic carbocycles. The van der Waals surface area contributed by atoms with Crippen LogP contribution in [0.1, 0.15) is 52.4 Å². The quantitative estimate of drug-likeness (QED) is 0.730. The topological polar surface area (TPSA) is 12.5 Å². The Morgan fingerprint density at radius 1 is 1.29 bits per heavy atom. The van der Waals surface area contributed by atoms with Crippen LogP contribution in [-0.4, -0.2) is 37.2 Å². The lowest BCUT2D eigenvalue weighted by molar-refractivity contribution is -0.0535. The van der Waals surface area contributed by atoms with Crippen molar-refractivity contribution in [3.05, 3.63) is 0 Å². The Balaban J connectivity index is 1.91. The Labute approximate surface area is 107 Å².